The minimum absolute atomic E-state index is 0.0941. The van der Waals surface area contributed by atoms with Gasteiger partial charge in [0, 0.05) is 13.1 Å². The van der Waals surface area contributed by atoms with Crippen LogP contribution in [0.5, 0.6) is 0 Å². The van der Waals surface area contributed by atoms with E-state index in [-0.39, 0.29) is 15.9 Å². The van der Waals surface area contributed by atoms with Gasteiger partial charge in [0.1, 0.15) is 11.9 Å². The number of halogens is 2. The van der Waals surface area contributed by atoms with Crippen LogP contribution in [0, 0.1) is 5.82 Å². The number of carbonyl (C=O) groups is 2. The molecule has 20 heavy (non-hydrogen) atoms. The maximum Gasteiger partial charge on any atom is 0.253 e. The van der Waals surface area contributed by atoms with E-state index < -0.39 is 17.8 Å². The van der Waals surface area contributed by atoms with E-state index in [2.05, 4.69) is 21.2 Å². The lowest BCUT2D eigenvalue weighted by molar-refractivity contribution is -0.131. The summed E-state index contributed by atoms with van der Waals surface area (Å²) in [5.74, 6) is -1.06. The largest absolute Gasteiger partial charge is 0.341 e. The Labute approximate surface area is 125 Å². The van der Waals surface area contributed by atoms with Crippen LogP contribution in [0.1, 0.15) is 30.1 Å². The Hall–Kier alpha value is -1.43. The van der Waals surface area contributed by atoms with E-state index in [4.69, 9.17) is 0 Å². The van der Waals surface area contributed by atoms with Crippen LogP contribution in [0.4, 0.5) is 4.39 Å². The highest BCUT2D eigenvalue weighted by Crippen LogP contribution is 2.20. The number of hydrogen-bond acceptors (Lipinski definition) is 2. The third-order valence-corrected chi connectivity index (χ3v) is 4.14. The molecule has 0 bridgehead atoms. The smallest absolute Gasteiger partial charge is 0.253 e. The van der Waals surface area contributed by atoms with E-state index in [0.29, 0.717) is 0 Å². The number of hydrogen-bond donors (Lipinski definition) is 1. The summed E-state index contributed by atoms with van der Waals surface area (Å²) in [6, 6.07) is 3.62. The van der Waals surface area contributed by atoms with Crippen molar-refractivity contribution in [3.63, 3.8) is 0 Å². The predicted octanol–water partition coefficient (Wildman–Crippen LogP) is 2.33. The number of rotatable bonds is 3. The van der Waals surface area contributed by atoms with Crippen LogP contribution in [0.2, 0.25) is 0 Å². The zero-order valence-corrected chi connectivity index (χ0v) is 12.7. The highest BCUT2D eigenvalue weighted by atomic mass is 79.9. The molecule has 1 aromatic rings. The second kappa shape index (κ2) is 6.35. The molecule has 4 nitrogen and oxygen atoms in total. The summed E-state index contributed by atoms with van der Waals surface area (Å²) in [6.45, 7) is 3.12. The first-order valence-electron chi connectivity index (χ1n) is 6.54. The first-order chi connectivity index (χ1) is 9.50. The fourth-order valence-corrected chi connectivity index (χ4v) is 2.67. The second-order valence-corrected chi connectivity index (χ2v) is 5.62. The minimum atomic E-state index is -0.615. The molecule has 0 spiro atoms. The summed E-state index contributed by atoms with van der Waals surface area (Å²) in [6.07, 6.45) is 2.00. The molecule has 1 fully saturated rings. The van der Waals surface area contributed by atoms with Crippen molar-refractivity contribution >= 4 is 27.7 Å². The highest BCUT2D eigenvalue weighted by molar-refractivity contribution is 9.10. The van der Waals surface area contributed by atoms with Crippen LogP contribution in [0.3, 0.4) is 0 Å². The van der Waals surface area contributed by atoms with Crippen LogP contribution in [0.25, 0.3) is 0 Å². The van der Waals surface area contributed by atoms with Gasteiger partial charge in [0.15, 0.2) is 0 Å². The zero-order chi connectivity index (χ0) is 14.7. The summed E-state index contributed by atoms with van der Waals surface area (Å²) in [7, 11) is 0. The third-order valence-electron chi connectivity index (χ3n) is 3.33. The van der Waals surface area contributed by atoms with Crippen LogP contribution in [0.15, 0.2) is 22.7 Å². The van der Waals surface area contributed by atoms with Crippen molar-refractivity contribution in [3.05, 3.63) is 34.1 Å². The monoisotopic (exact) mass is 342 g/mol. The van der Waals surface area contributed by atoms with Crippen molar-refractivity contribution in [2.24, 2.45) is 0 Å². The Morgan fingerprint density at radius 3 is 2.65 bits per heavy atom. The lowest BCUT2D eigenvalue weighted by Crippen LogP contribution is -2.46. The van der Waals surface area contributed by atoms with Crippen LogP contribution < -0.4 is 5.32 Å². The summed E-state index contributed by atoms with van der Waals surface area (Å²) >= 11 is 3.04. The third kappa shape index (κ3) is 3.17. The van der Waals surface area contributed by atoms with Gasteiger partial charge in [0.25, 0.3) is 5.91 Å². The summed E-state index contributed by atoms with van der Waals surface area (Å²) in [5, 5.41) is 2.61. The second-order valence-electron chi connectivity index (χ2n) is 4.83. The van der Waals surface area contributed by atoms with Gasteiger partial charge < -0.3 is 10.2 Å². The number of carbonyl (C=O) groups excluding carboxylic acids is 2. The summed E-state index contributed by atoms with van der Waals surface area (Å²) < 4.78 is 13.5. The Bertz CT molecular complexity index is 530. The molecule has 6 heteroatoms. The summed E-state index contributed by atoms with van der Waals surface area (Å²) in [4.78, 5) is 25.9. The van der Waals surface area contributed by atoms with Gasteiger partial charge in [-0.05, 0) is 47.8 Å². The molecule has 1 aromatic carbocycles. The molecule has 1 aliphatic heterocycles. The van der Waals surface area contributed by atoms with Crippen molar-refractivity contribution in [2.45, 2.75) is 25.8 Å². The summed E-state index contributed by atoms with van der Waals surface area (Å²) in [5.41, 5.74) is 0.186. The average Bonchev–Trinajstić information content (AvgIpc) is 2.94. The van der Waals surface area contributed by atoms with Crippen LogP contribution >= 0.6 is 15.9 Å². The fourth-order valence-electron chi connectivity index (χ4n) is 2.23. The maximum absolute atomic E-state index is 13.4. The standard InChI is InChI=1S/C14H16BrFN2O2/c1-9(14(20)18-7-2-3-8-18)17-13(19)10-5-4-6-11(16)12(10)15/h4-6,9H,2-3,7-8H2,1H3,(H,17,19). The molecule has 1 atom stereocenters. The number of benzene rings is 1. The SMILES string of the molecule is CC(NC(=O)c1cccc(F)c1Br)C(=O)N1CCCC1. The fraction of sp³-hybridized carbons (Fsp3) is 0.429. The highest BCUT2D eigenvalue weighted by Gasteiger charge is 2.25. The molecule has 2 rings (SSSR count). The molecule has 0 saturated carbocycles. The van der Waals surface area contributed by atoms with Gasteiger partial charge in [-0.3, -0.25) is 9.59 Å². The van der Waals surface area contributed by atoms with Crippen molar-refractivity contribution in [1.29, 1.82) is 0 Å². The molecule has 1 heterocycles. The molecule has 1 unspecified atom stereocenters. The predicted molar refractivity (Wildman–Crippen MR) is 76.8 cm³/mol. The maximum atomic E-state index is 13.4. The van der Waals surface area contributed by atoms with E-state index >= 15 is 0 Å². The Morgan fingerprint density at radius 1 is 1.35 bits per heavy atom. The molecule has 0 aliphatic carbocycles. The van der Waals surface area contributed by atoms with Gasteiger partial charge in [0.05, 0.1) is 10.0 Å². The van der Waals surface area contributed by atoms with Crippen LogP contribution in [-0.2, 0) is 4.79 Å². The number of nitrogens with zero attached hydrogens (tertiary/aromatic N) is 1. The topological polar surface area (TPSA) is 49.4 Å². The molecular weight excluding hydrogens is 327 g/mol. The lowest BCUT2D eigenvalue weighted by Gasteiger charge is -2.21. The number of likely N-dealkylation sites (tertiary alicyclic amines) is 1. The molecule has 1 saturated heterocycles. The lowest BCUT2D eigenvalue weighted by atomic mass is 10.2. The molecule has 0 radical (unpaired) electrons. The van der Waals surface area contributed by atoms with Crippen molar-refractivity contribution in [2.75, 3.05) is 13.1 Å². The first kappa shape index (κ1) is 15.0. The van der Waals surface area contributed by atoms with E-state index in [1.807, 2.05) is 0 Å². The zero-order valence-electron chi connectivity index (χ0n) is 11.2. The van der Waals surface area contributed by atoms with E-state index in [0.717, 1.165) is 25.9 Å². The van der Waals surface area contributed by atoms with E-state index in [1.165, 1.54) is 18.2 Å². The van der Waals surface area contributed by atoms with Crippen molar-refractivity contribution in [3.8, 4) is 0 Å². The normalized spacial score (nSPS) is 16.1. The molecular formula is C14H16BrFN2O2. The average molecular weight is 343 g/mol. The van der Waals surface area contributed by atoms with Crippen molar-refractivity contribution in [1.82, 2.24) is 10.2 Å². The van der Waals surface area contributed by atoms with Gasteiger partial charge in [-0.25, -0.2) is 4.39 Å². The Balaban J connectivity index is 2.03. The quantitative estimate of drug-likeness (QED) is 0.916. The van der Waals surface area contributed by atoms with Gasteiger partial charge >= 0.3 is 0 Å². The molecule has 1 N–H and O–H groups in total. The Morgan fingerprint density at radius 2 is 2.00 bits per heavy atom. The molecule has 0 aromatic heterocycles. The van der Waals surface area contributed by atoms with E-state index in [9.17, 15) is 14.0 Å². The van der Waals surface area contributed by atoms with Crippen molar-refractivity contribution < 1.29 is 14.0 Å². The van der Waals surface area contributed by atoms with Crippen LogP contribution in [-0.4, -0.2) is 35.8 Å². The molecule has 2 amide bonds. The van der Waals surface area contributed by atoms with Gasteiger partial charge in [-0.2, -0.15) is 0 Å². The van der Waals surface area contributed by atoms with E-state index in [1.54, 1.807) is 11.8 Å². The number of nitrogens with one attached hydrogen (secondary N) is 1. The van der Waals surface area contributed by atoms with Gasteiger partial charge in [-0.15, -0.1) is 0 Å². The van der Waals surface area contributed by atoms with Gasteiger partial charge in [0.2, 0.25) is 5.91 Å². The molecule has 108 valence electrons. The first-order valence-corrected chi connectivity index (χ1v) is 7.33. The molecule has 1 aliphatic rings. The number of amides is 2. The Kier molecular flexibility index (Phi) is 4.75. The van der Waals surface area contributed by atoms with Gasteiger partial charge in [-0.1, -0.05) is 6.07 Å². The minimum Gasteiger partial charge on any atom is -0.341 e.